The average molecular weight is 182 g/mol. The maximum atomic E-state index is 11.6. The van der Waals surface area contributed by atoms with Gasteiger partial charge in [-0.15, -0.1) is 0 Å². The van der Waals surface area contributed by atoms with Crippen molar-refractivity contribution in [1.82, 2.24) is 0 Å². The molecular weight excluding hydrogens is 160 g/mol. The highest BCUT2D eigenvalue weighted by atomic mass is 16.1. The number of hydrogen-bond donors (Lipinski definition) is 0. The molecule has 1 heteroatoms. The van der Waals surface area contributed by atoms with E-state index >= 15 is 0 Å². The predicted molar refractivity (Wildman–Crippen MR) is 55.5 cm³/mol. The van der Waals surface area contributed by atoms with Crippen LogP contribution in [0, 0.1) is 23.2 Å². The lowest BCUT2D eigenvalue weighted by molar-refractivity contribution is -0.131. The summed E-state index contributed by atoms with van der Waals surface area (Å²) >= 11 is 0. The van der Waals surface area contributed by atoms with Gasteiger partial charge in [-0.25, -0.2) is 0 Å². The molecular formula is C12H22O. The molecule has 1 aliphatic carbocycles. The summed E-state index contributed by atoms with van der Waals surface area (Å²) in [7, 11) is 0. The van der Waals surface area contributed by atoms with Crippen LogP contribution in [0.2, 0.25) is 0 Å². The van der Waals surface area contributed by atoms with E-state index in [0.29, 0.717) is 17.1 Å². The van der Waals surface area contributed by atoms with Gasteiger partial charge in [0.1, 0.15) is 5.78 Å². The molecule has 0 heterocycles. The zero-order valence-corrected chi connectivity index (χ0v) is 9.55. The molecule has 0 aromatic heterocycles. The van der Waals surface area contributed by atoms with E-state index in [0.717, 1.165) is 18.8 Å². The molecule has 0 aromatic rings. The Morgan fingerprint density at radius 1 is 1.23 bits per heavy atom. The van der Waals surface area contributed by atoms with E-state index in [1.807, 2.05) is 13.8 Å². The molecule has 0 aliphatic heterocycles. The van der Waals surface area contributed by atoms with Crippen LogP contribution >= 0.6 is 0 Å². The van der Waals surface area contributed by atoms with E-state index < -0.39 is 0 Å². The largest absolute Gasteiger partial charge is 0.299 e. The topological polar surface area (TPSA) is 17.1 Å². The molecule has 0 bridgehead atoms. The van der Waals surface area contributed by atoms with Gasteiger partial charge in [-0.1, -0.05) is 34.6 Å². The molecule has 1 fully saturated rings. The van der Waals surface area contributed by atoms with Gasteiger partial charge in [0, 0.05) is 11.8 Å². The summed E-state index contributed by atoms with van der Waals surface area (Å²) < 4.78 is 0. The Morgan fingerprint density at radius 2 is 1.69 bits per heavy atom. The van der Waals surface area contributed by atoms with Crippen molar-refractivity contribution >= 4 is 5.78 Å². The molecule has 1 rings (SSSR count). The molecule has 0 atom stereocenters. The Kier molecular flexibility index (Phi) is 2.84. The first-order chi connectivity index (χ1) is 5.82. The highest BCUT2D eigenvalue weighted by molar-refractivity contribution is 5.83. The van der Waals surface area contributed by atoms with Gasteiger partial charge in [-0.2, -0.15) is 0 Å². The second-order valence-corrected chi connectivity index (χ2v) is 5.79. The number of hydrogen-bond acceptors (Lipinski definition) is 1. The van der Waals surface area contributed by atoms with Crippen molar-refractivity contribution in [3.63, 3.8) is 0 Å². The van der Waals surface area contributed by atoms with E-state index in [2.05, 4.69) is 20.8 Å². The standard InChI is InChI=1S/C12H22O/c1-8(2)11(13)9-6-10(7-9)12(3,4)5/h8-10H,6-7H2,1-5H3. The minimum Gasteiger partial charge on any atom is -0.299 e. The number of carbonyl (C=O) groups is 1. The van der Waals surface area contributed by atoms with Crippen LogP contribution in [0.15, 0.2) is 0 Å². The fraction of sp³-hybridized carbons (Fsp3) is 0.917. The molecule has 76 valence electrons. The van der Waals surface area contributed by atoms with Gasteiger partial charge in [0.25, 0.3) is 0 Å². The molecule has 0 amide bonds. The number of carbonyl (C=O) groups excluding carboxylic acids is 1. The lowest BCUT2D eigenvalue weighted by Crippen LogP contribution is -2.39. The summed E-state index contributed by atoms with van der Waals surface area (Å²) in [5.74, 6) is 1.84. The van der Waals surface area contributed by atoms with Crippen molar-refractivity contribution in [3.05, 3.63) is 0 Å². The quantitative estimate of drug-likeness (QED) is 0.640. The normalized spacial score (nSPS) is 28.8. The molecule has 1 nitrogen and oxygen atoms in total. The monoisotopic (exact) mass is 182 g/mol. The number of ketones is 1. The van der Waals surface area contributed by atoms with Crippen molar-refractivity contribution in [2.45, 2.75) is 47.5 Å². The minimum absolute atomic E-state index is 0.228. The Bertz CT molecular complexity index is 192. The van der Waals surface area contributed by atoms with Gasteiger partial charge in [-0.3, -0.25) is 4.79 Å². The fourth-order valence-electron chi connectivity index (χ4n) is 2.03. The van der Waals surface area contributed by atoms with E-state index in [9.17, 15) is 4.79 Å². The van der Waals surface area contributed by atoms with Crippen LogP contribution in [0.3, 0.4) is 0 Å². The second-order valence-electron chi connectivity index (χ2n) is 5.79. The van der Waals surface area contributed by atoms with Crippen LogP contribution in [0.25, 0.3) is 0 Å². The first-order valence-electron chi connectivity index (χ1n) is 5.36. The molecule has 0 aromatic carbocycles. The summed E-state index contributed by atoms with van der Waals surface area (Å²) in [6.07, 6.45) is 2.25. The van der Waals surface area contributed by atoms with Gasteiger partial charge >= 0.3 is 0 Å². The molecule has 0 spiro atoms. The number of rotatable bonds is 2. The van der Waals surface area contributed by atoms with Crippen LogP contribution in [-0.4, -0.2) is 5.78 Å². The fourth-order valence-corrected chi connectivity index (χ4v) is 2.03. The van der Waals surface area contributed by atoms with Gasteiger partial charge in [0.15, 0.2) is 0 Å². The lowest BCUT2D eigenvalue weighted by atomic mass is 9.61. The predicted octanol–water partition coefficient (Wildman–Crippen LogP) is 3.28. The average Bonchev–Trinajstić information content (AvgIpc) is 1.79. The molecule has 0 unspecified atom stereocenters. The minimum atomic E-state index is 0.228. The number of Topliss-reactive ketones (excluding diaryl/α,β-unsaturated/α-hetero) is 1. The third-order valence-electron chi connectivity index (χ3n) is 3.33. The zero-order valence-electron chi connectivity index (χ0n) is 9.55. The van der Waals surface area contributed by atoms with Crippen molar-refractivity contribution in [2.24, 2.45) is 23.2 Å². The Labute approximate surface area is 81.9 Å². The maximum absolute atomic E-state index is 11.6. The molecule has 1 saturated carbocycles. The highest BCUT2D eigenvalue weighted by Gasteiger charge is 2.40. The summed E-state index contributed by atoms with van der Waals surface area (Å²) in [5.41, 5.74) is 0.397. The third kappa shape index (κ3) is 2.32. The van der Waals surface area contributed by atoms with Gasteiger partial charge < -0.3 is 0 Å². The van der Waals surface area contributed by atoms with Crippen molar-refractivity contribution in [2.75, 3.05) is 0 Å². The summed E-state index contributed by atoms with van der Waals surface area (Å²) in [5, 5.41) is 0. The van der Waals surface area contributed by atoms with Crippen LogP contribution in [0.5, 0.6) is 0 Å². The highest BCUT2D eigenvalue weighted by Crippen LogP contribution is 2.46. The Balaban J connectivity index is 2.38. The molecule has 13 heavy (non-hydrogen) atoms. The first kappa shape index (κ1) is 10.7. The van der Waals surface area contributed by atoms with E-state index in [1.54, 1.807) is 0 Å². The summed E-state index contributed by atoms with van der Waals surface area (Å²) in [4.78, 5) is 11.6. The molecule has 0 saturated heterocycles. The molecule has 0 radical (unpaired) electrons. The van der Waals surface area contributed by atoms with Crippen LogP contribution in [0.4, 0.5) is 0 Å². The van der Waals surface area contributed by atoms with Crippen molar-refractivity contribution < 1.29 is 4.79 Å². The van der Waals surface area contributed by atoms with E-state index in [1.165, 1.54) is 0 Å². The second kappa shape index (κ2) is 3.43. The Hall–Kier alpha value is -0.330. The Morgan fingerprint density at radius 3 is 2.00 bits per heavy atom. The summed E-state index contributed by atoms with van der Waals surface area (Å²) in [6, 6.07) is 0. The van der Waals surface area contributed by atoms with Gasteiger partial charge in [0.05, 0.1) is 0 Å². The van der Waals surface area contributed by atoms with Crippen LogP contribution in [-0.2, 0) is 4.79 Å². The molecule has 0 N–H and O–H groups in total. The smallest absolute Gasteiger partial charge is 0.138 e. The zero-order chi connectivity index (χ0) is 10.2. The van der Waals surface area contributed by atoms with Crippen molar-refractivity contribution in [3.8, 4) is 0 Å². The summed E-state index contributed by atoms with van der Waals surface area (Å²) in [6.45, 7) is 10.8. The third-order valence-corrected chi connectivity index (χ3v) is 3.33. The van der Waals surface area contributed by atoms with E-state index in [4.69, 9.17) is 0 Å². The van der Waals surface area contributed by atoms with Crippen molar-refractivity contribution in [1.29, 1.82) is 0 Å². The van der Waals surface area contributed by atoms with Crippen LogP contribution in [0.1, 0.15) is 47.5 Å². The molecule has 1 aliphatic rings. The van der Waals surface area contributed by atoms with Gasteiger partial charge in [0.2, 0.25) is 0 Å². The van der Waals surface area contributed by atoms with E-state index in [-0.39, 0.29) is 5.92 Å². The van der Waals surface area contributed by atoms with Crippen LogP contribution < -0.4 is 0 Å². The SMILES string of the molecule is CC(C)C(=O)C1CC(C(C)(C)C)C1. The lowest BCUT2D eigenvalue weighted by Gasteiger charge is -2.43. The van der Waals surface area contributed by atoms with Gasteiger partial charge in [-0.05, 0) is 24.2 Å². The maximum Gasteiger partial charge on any atom is 0.138 e. The first-order valence-corrected chi connectivity index (χ1v) is 5.36.